The predicted molar refractivity (Wildman–Crippen MR) is 120 cm³/mol. The van der Waals surface area contributed by atoms with Crippen LogP contribution in [0.1, 0.15) is 59.0 Å². The van der Waals surface area contributed by atoms with Crippen LogP contribution in [0.25, 0.3) is 0 Å². The van der Waals surface area contributed by atoms with Gasteiger partial charge in [-0.15, -0.1) is 11.3 Å². The van der Waals surface area contributed by atoms with Crippen LogP contribution in [-0.2, 0) is 28.9 Å². The van der Waals surface area contributed by atoms with Crippen molar-refractivity contribution in [2.75, 3.05) is 25.0 Å². The van der Waals surface area contributed by atoms with E-state index in [1.54, 1.807) is 19.1 Å². The lowest BCUT2D eigenvalue weighted by Gasteiger charge is -2.32. The molecule has 166 valence electrons. The van der Waals surface area contributed by atoms with E-state index < -0.39 is 0 Å². The summed E-state index contributed by atoms with van der Waals surface area (Å²) in [5.41, 5.74) is 2.25. The van der Waals surface area contributed by atoms with E-state index in [1.807, 2.05) is 6.07 Å². The fourth-order valence-electron chi connectivity index (χ4n) is 4.57. The van der Waals surface area contributed by atoms with Crippen LogP contribution in [0.3, 0.4) is 0 Å². The molecule has 1 N–H and O–H groups in total. The van der Waals surface area contributed by atoms with E-state index in [0.29, 0.717) is 35.8 Å². The van der Waals surface area contributed by atoms with Crippen molar-refractivity contribution in [1.29, 1.82) is 0 Å². The maximum atomic E-state index is 14.0. The maximum absolute atomic E-state index is 14.0. The first-order valence-electron chi connectivity index (χ1n) is 11.1. The van der Waals surface area contributed by atoms with Crippen molar-refractivity contribution in [2.45, 2.75) is 52.0 Å². The Labute approximate surface area is 186 Å². The third-order valence-electron chi connectivity index (χ3n) is 6.12. The van der Waals surface area contributed by atoms with Gasteiger partial charge in [-0.05, 0) is 63.6 Å². The average Bonchev–Trinajstić information content (AvgIpc) is 3.13. The molecule has 1 aromatic heterocycles. The van der Waals surface area contributed by atoms with Gasteiger partial charge in [0.1, 0.15) is 10.8 Å². The molecule has 5 nitrogen and oxygen atoms in total. The number of anilines is 1. The first-order chi connectivity index (χ1) is 15.1. The van der Waals surface area contributed by atoms with Crippen molar-refractivity contribution >= 4 is 28.2 Å². The number of benzene rings is 1. The number of thiophene rings is 1. The summed E-state index contributed by atoms with van der Waals surface area (Å²) in [6, 6.07) is 6.79. The van der Waals surface area contributed by atoms with Crippen LogP contribution in [0.5, 0.6) is 0 Å². The SMILES string of the molecule is CCOC(=O)c1c(NC(=O)C2CCCN(Cc3ccccc3F)C2)sc2c1CCCC2. The summed E-state index contributed by atoms with van der Waals surface area (Å²) < 4.78 is 19.3. The van der Waals surface area contributed by atoms with Gasteiger partial charge < -0.3 is 10.1 Å². The van der Waals surface area contributed by atoms with Crippen LogP contribution in [0, 0.1) is 11.7 Å². The highest BCUT2D eigenvalue weighted by Gasteiger charge is 2.31. The second kappa shape index (κ2) is 9.92. The molecule has 1 aromatic carbocycles. The minimum absolute atomic E-state index is 0.0672. The van der Waals surface area contributed by atoms with Crippen LogP contribution in [0.2, 0.25) is 0 Å². The Balaban J connectivity index is 1.47. The summed E-state index contributed by atoms with van der Waals surface area (Å²) in [4.78, 5) is 29.1. The molecular weight excluding hydrogens is 415 g/mol. The third kappa shape index (κ3) is 4.99. The normalized spacial score (nSPS) is 19.0. The summed E-state index contributed by atoms with van der Waals surface area (Å²) in [7, 11) is 0. The number of esters is 1. The Morgan fingerprint density at radius 2 is 2.03 bits per heavy atom. The molecule has 2 aliphatic rings. The Kier molecular flexibility index (Phi) is 7.02. The number of carbonyl (C=O) groups is 2. The van der Waals surface area contributed by atoms with Crippen LogP contribution < -0.4 is 5.32 Å². The molecule has 7 heteroatoms. The van der Waals surface area contributed by atoms with Gasteiger partial charge in [0, 0.05) is 23.5 Å². The van der Waals surface area contributed by atoms with Crippen LogP contribution >= 0.6 is 11.3 Å². The number of carbonyl (C=O) groups excluding carboxylic acids is 2. The minimum atomic E-state index is -0.345. The zero-order valence-corrected chi connectivity index (χ0v) is 18.7. The molecule has 1 unspecified atom stereocenters. The van der Waals surface area contributed by atoms with E-state index in [2.05, 4.69) is 10.2 Å². The molecule has 1 aliphatic heterocycles. The van der Waals surface area contributed by atoms with Gasteiger partial charge in [-0.3, -0.25) is 9.69 Å². The number of hydrogen-bond acceptors (Lipinski definition) is 5. The third-order valence-corrected chi connectivity index (χ3v) is 7.32. The number of hydrogen-bond donors (Lipinski definition) is 1. The first-order valence-corrected chi connectivity index (χ1v) is 12.0. The summed E-state index contributed by atoms with van der Waals surface area (Å²) >= 11 is 1.52. The van der Waals surface area contributed by atoms with Gasteiger partial charge in [0.2, 0.25) is 5.91 Å². The number of piperidine rings is 1. The molecule has 1 saturated heterocycles. The summed E-state index contributed by atoms with van der Waals surface area (Å²) in [5.74, 6) is -0.809. The molecular formula is C24H29FN2O3S. The number of fused-ring (bicyclic) bond motifs is 1. The van der Waals surface area contributed by atoms with Crippen molar-refractivity contribution in [3.05, 3.63) is 51.7 Å². The second-order valence-corrected chi connectivity index (χ2v) is 9.40. The number of halogens is 1. The molecule has 2 aromatic rings. The van der Waals surface area contributed by atoms with Crippen molar-refractivity contribution < 1.29 is 18.7 Å². The van der Waals surface area contributed by atoms with Crippen molar-refractivity contribution in [3.63, 3.8) is 0 Å². The number of aryl methyl sites for hydroxylation is 1. The molecule has 0 saturated carbocycles. The van der Waals surface area contributed by atoms with Gasteiger partial charge in [0.25, 0.3) is 0 Å². The molecule has 4 rings (SSSR count). The smallest absolute Gasteiger partial charge is 0.341 e. The minimum Gasteiger partial charge on any atom is -0.462 e. The fourth-order valence-corrected chi connectivity index (χ4v) is 5.85. The quantitative estimate of drug-likeness (QED) is 0.651. The number of nitrogens with zero attached hydrogens (tertiary/aromatic N) is 1. The van der Waals surface area contributed by atoms with Crippen LogP contribution in [0.15, 0.2) is 24.3 Å². The molecule has 1 amide bonds. The van der Waals surface area contributed by atoms with E-state index in [9.17, 15) is 14.0 Å². The number of ether oxygens (including phenoxy) is 1. The largest absolute Gasteiger partial charge is 0.462 e. The standard InChI is InChI=1S/C24H29FN2O3S/c1-2-30-24(29)21-18-10-4-6-12-20(18)31-23(21)26-22(28)17-9-7-13-27(15-17)14-16-8-3-5-11-19(16)25/h3,5,8,11,17H,2,4,6-7,9-10,12-15H2,1H3,(H,26,28). The first kappa shape index (κ1) is 22.0. The summed E-state index contributed by atoms with van der Waals surface area (Å²) in [6.45, 7) is 4.03. The zero-order valence-electron chi connectivity index (χ0n) is 17.9. The maximum Gasteiger partial charge on any atom is 0.341 e. The topological polar surface area (TPSA) is 58.6 Å². The van der Waals surface area contributed by atoms with Crippen LogP contribution in [0.4, 0.5) is 9.39 Å². The Bertz CT molecular complexity index is 958. The zero-order chi connectivity index (χ0) is 21.8. The number of amides is 1. The summed E-state index contributed by atoms with van der Waals surface area (Å²) in [5, 5.41) is 3.68. The van der Waals surface area contributed by atoms with E-state index in [-0.39, 0.29) is 23.6 Å². The Hall–Kier alpha value is -2.25. The molecule has 0 radical (unpaired) electrons. The molecule has 1 aliphatic carbocycles. The highest BCUT2D eigenvalue weighted by Crippen LogP contribution is 2.39. The van der Waals surface area contributed by atoms with Gasteiger partial charge in [-0.2, -0.15) is 0 Å². The van der Waals surface area contributed by atoms with Crippen molar-refractivity contribution in [2.24, 2.45) is 5.92 Å². The fraction of sp³-hybridized carbons (Fsp3) is 0.500. The van der Waals surface area contributed by atoms with E-state index in [0.717, 1.165) is 50.6 Å². The second-order valence-electron chi connectivity index (χ2n) is 8.29. The van der Waals surface area contributed by atoms with Gasteiger partial charge in [-0.1, -0.05) is 18.2 Å². The summed E-state index contributed by atoms with van der Waals surface area (Å²) in [6.07, 6.45) is 5.64. The Morgan fingerprint density at radius 1 is 1.23 bits per heavy atom. The van der Waals surface area contributed by atoms with Gasteiger partial charge in [0.15, 0.2) is 0 Å². The number of rotatable bonds is 6. The molecule has 1 fully saturated rings. The number of nitrogens with one attached hydrogen (secondary N) is 1. The monoisotopic (exact) mass is 444 g/mol. The highest BCUT2D eigenvalue weighted by molar-refractivity contribution is 7.17. The lowest BCUT2D eigenvalue weighted by molar-refractivity contribution is -0.121. The van der Waals surface area contributed by atoms with Gasteiger partial charge >= 0.3 is 5.97 Å². The predicted octanol–water partition coefficient (Wildman–Crippen LogP) is 4.79. The van der Waals surface area contributed by atoms with Gasteiger partial charge in [0.05, 0.1) is 18.1 Å². The van der Waals surface area contributed by atoms with Crippen molar-refractivity contribution in [1.82, 2.24) is 4.90 Å². The average molecular weight is 445 g/mol. The molecule has 2 heterocycles. The van der Waals surface area contributed by atoms with E-state index >= 15 is 0 Å². The molecule has 31 heavy (non-hydrogen) atoms. The molecule has 0 spiro atoms. The van der Waals surface area contributed by atoms with Gasteiger partial charge in [-0.25, -0.2) is 9.18 Å². The Morgan fingerprint density at radius 3 is 2.84 bits per heavy atom. The molecule has 0 bridgehead atoms. The van der Waals surface area contributed by atoms with E-state index in [4.69, 9.17) is 4.74 Å². The highest BCUT2D eigenvalue weighted by atomic mass is 32.1. The van der Waals surface area contributed by atoms with Crippen LogP contribution in [-0.4, -0.2) is 36.5 Å². The number of likely N-dealkylation sites (tertiary alicyclic amines) is 1. The molecule has 1 atom stereocenters. The lowest BCUT2D eigenvalue weighted by atomic mass is 9.95. The van der Waals surface area contributed by atoms with Crippen molar-refractivity contribution in [3.8, 4) is 0 Å². The van der Waals surface area contributed by atoms with E-state index in [1.165, 1.54) is 22.3 Å². The lowest BCUT2D eigenvalue weighted by Crippen LogP contribution is -2.40.